The fraction of sp³-hybridized carbons (Fsp3) is 0.579. The van der Waals surface area contributed by atoms with Crippen LogP contribution in [-0.4, -0.2) is 41.8 Å². The molecule has 4 heteroatoms. The maximum atomic E-state index is 4.97. The van der Waals surface area contributed by atoms with Crippen LogP contribution in [-0.2, 0) is 0 Å². The summed E-state index contributed by atoms with van der Waals surface area (Å²) in [5.41, 5.74) is 3.71. The van der Waals surface area contributed by atoms with E-state index in [1.165, 1.54) is 33.8 Å². The quantitative estimate of drug-likeness (QED) is 0.821. The molecule has 122 valence electrons. The number of aromatic nitrogens is 1. The number of nitrogens with zero attached hydrogens (tertiary/aromatic N) is 3. The summed E-state index contributed by atoms with van der Waals surface area (Å²) in [6.07, 6.45) is 3.59. The first-order chi connectivity index (χ1) is 11.1. The minimum Gasteiger partial charge on any atom is -0.303 e. The van der Waals surface area contributed by atoms with Gasteiger partial charge in [-0.05, 0) is 56.8 Å². The van der Waals surface area contributed by atoms with Gasteiger partial charge < -0.3 is 4.90 Å². The van der Waals surface area contributed by atoms with Crippen molar-refractivity contribution in [3.8, 4) is 0 Å². The predicted octanol–water partition coefficient (Wildman–Crippen LogP) is 4.32. The molecule has 2 aliphatic rings. The lowest BCUT2D eigenvalue weighted by molar-refractivity contribution is 0.329. The lowest BCUT2D eigenvalue weighted by atomic mass is 9.96. The molecule has 0 N–H and O–H groups in total. The molecule has 0 radical (unpaired) electrons. The first-order valence-corrected chi connectivity index (χ1v) is 9.56. The summed E-state index contributed by atoms with van der Waals surface area (Å²) in [5.74, 6) is 1.33. The van der Waals surface area contributed by atoms with Crippen LogP contribution in [0.1, 0.15) is 49.6 Å². The third-order valence-electron chi connectivity index (χ3n) is 5.44. The molecule has 3 atom stereocenters. The number of thiazole rings is 1. The molecule has 0 amide bonds. The number of fused-ring (bicyclic) bond motifs is 1. The molecule has 1 fully saturated rings. The van der Waals surface area contributed by atoms with Gasteiger partial charge >= 0.3 is 0 Å². The molecule has 3 heterocycles. The number of hydrogen-bond acceptors (Lipinski definition) is 4. The molecule has 1 aromatic carbocycles. The summed E-state index contributed by atoms with van der Waals surface area (Å²) < 4.78 is 1.32. The monoisotopic (exact) mass is 327 g/mol. The van der Waals surface area contributed by atoms with E-state index < -0.39 is 0 Å². The summed E-state index contributed by atoms with van der Waals surface area (Å²) in [6.45, 7) is 6.71. The van der Waals surface area contributed by atoms with Gasteiger partial charge in [0.2, 0.25) is 0 Å². The van der Waals surface area contributed by atoms with Gasteiger partial charge in [0.15, 0.2) is 0 Å². The normalized spacial score (nSPS) is 29.2. The van der Waals surface area contributed by atoms with Crippen molar-refractivity contribution in [1.82, 2.24) is 9.88 Å². The van der Waals surface area contributed by atoms with Crippen molar-refractivity contribution in [2.24, 2.45) is 10.9 Å². The van der Waals surface area contributed by atoms with Crippen molar-refractivity contribution in [2.75, 3.05) is 20.1 Å². The molecule has 23 heavy (non-hydrogen) atoms. The Hall–Kier alpha value is -1.26. The lowest BCUT2D eigenvalue weighted by Gasteiger charge is -2.17. The van der Waals surface area contributed by atoms with Gasteiger partial charge in [0.25, 0.3) is 0 Å². The molecule has 2 aromatic rings. The van der Waals surface area contributed by atoms with E-state index in [1.54, 1.807) is 0 Å². The number of hydrogen-bond donors (Lipinski definition) is 0. The van der Waals surface area contributed by atoms with Crippen LogP contribution >= 0.6 is 11.3 Å². The first kappa shape index (κ1) is 15.3. The van der Waals surface area contributed by atoms with Crippen molar-refractivity contribution in [3.05, 3.63) is 28.8 Å². The zero-order valence-corrected chi connectivity index (χ0v) is 15.1. The van der Waals surface area contributed by atoms with Crippen LogP contribution in [0.4, 0.5) is 0 Å². The SMILES string of the molecule is CC1CCC(c2ccc3sc(C4CC(C)N(C)C4)nc3c2)=NC1. The molecule has 0 spiro atoms. The highest BCUT2D eigenvalue weighted by molar-refractivity contribution is 7.18. The first-order valence-electron chi connectivity index (χ1n) is 8.74. The Labute approximate surface area is 142 Å². The average Bonchev–Trinajstić information content (AvgIpc) is 3.11. The third-order valence-corrected chi connectivity index (χ3v) is 6.64. The molecule has 0 aliphatic carbocycles. The zero-order valence-electron chi connectivity index (χ0n) is 14.2. The number of rotatable bonds is 2. The maximum absolute atomic E-state index is 4.97. The molecule has 3 unspecified atom stereocenters. The standard InChI is InChI=1S/C19H25N3S/c1-12-4-6-16(20-10-12)14-5-7-18-17(9-14)21-19(23-18)15-8-13(2)22(3)11-15/h5,7,9,12-13,15H,4,6,8,10-11H2,1-3H3. The Bertz CT molecular complexity index is 738. The van der Waals surface area contributed by atoms with Crippen LogP contribution < -0.4 is 0 Å². The largest absolute Gasteiger partial charge is 0.303 e. The van der Waals surface area contributed by atoms with Gasteiger partial charge in [0.1, 0.15) is 0 Å². The van der Waals surface area contributed by atoms with Crippen LogP contribution in [0, 0.1) is 5.92 Å². The van der Waals surface area contributed by atoms with E-state index in [-0.39, 0.29) is 0 Å². The molecule has 0 saturated carbocycles. The molecule has 4 rings (SSSR count). The fourth-order valence-corrected chi connectivity index (χ4v) is 4.78. The van der Waals surface area contributed by atoms with Crippen LogP contribution in [0.25, 0.3) is 10.2 Å². The van der Waals surface area contributed by atoms with E-state index >= 15 is 0 Å². The lowest BCUT2D eigenvalue weighted by Crippen LogP contribution is -2.21. The summed E-state index contributed by atoms with van der Waals surface area (Å²) in [6, 6.07) is 7.41. The average molecular weight is 327 g/mol. The van der Waals surface area contributed by atoms with E-state index in [9.17, 15) is 0 Å². The van der Waals surface area contributed by atoms with Crippen molar-refractivity contribution < 1.29 is 0 Å². The summed E-state index contributed by atoms with van der Waals surface area (Å²) in [4.78, 5) is 12.2. The molecule has 0 bridgehead atoms. The summed E-state index contributed by atoms with van der Waals surface area (Å²) in [7, 11) is 2.22. The minimum atomic E-state index is 0.601. The Balaban J connectivity index is 1.62. The van der Waals surface area contributed by atoms with Crippen molar-refractivity contribution in [1.29, 1.82) is 0 Å². The van der Waals surface area contributed by atoms with Crippen LogP contribution in [0.5, 0.6) is 0 Å². The minimum absolute atomic E-state index is 0.601. The van der Waals surface area contributed by atoms with Gasteiger partial charge in [-0.15, -0.1) is 11.3 Å². The highest BCUT2D eigenvalue weighted by Crippen LogP contribution is 2.35. The van der Waals surface area contributed by atoms with Gasteiger partial charge in [-0.25, -0.2) is 4.98 Å². The Morgan fingerprint density at radius 1 is 1.26 bits per heavy atom. The second kappa shape index (κ2) is 5.99. The highest BCUT2D eigenvalue weighted by Gasteiger charge is 2.29. The van der Waals surface area contributed by atoms with E-state index in [2.05, 4.69) is 44.0 Å². The Morgan fingerprint density at radius 2 is 2.13 bits per heavy atom. The molecule has 1 saturated heterocycles. The zero-order chi connectivity index (χ0) is 16.0. The molecule has 3 nitrogen and oxygen atoms in total. The summed E-state index contributed by atoms with van der Waals surface area (Å²) >= 11 is 1.88. The van der Waals surface area contributed by atoms with Crippen molar-refractivity contribution >= 4 is 27.3 Å². The second-order valence-corrected chi connectivity index (χ2v) is 8.45. The van der Waals surface area contributed by atoms with E-state index in [1.807, 2.05) is 11.3 Å². The van der Waals surface area contributed by atoms with Crippen LogP contribution in [0.3, 0.4) is 0 Å². The van der Waals surface area contributed by atoms with E-state index in [0.717, 1.165) is 30.9 Å². The van der Waals surface area contributed by atoms with E-state index in [0.29, 0.717) is 12.0 Å². The number of aliphatic imine (C=N–C) groups is 1. The van der Waals surface area contributed by atoms with Gasteiger partial charge in [-0.2, -0.15) is 0 Å². The smallest absolute Gasteiger partial charge is 0.0982 e. The van der Waals surface area contributed by atoms with Gasteiger partial charge in [0.05, 0.1) is 15.2 Å². The Kier molecular flexibility index (Phi) is 3.98. The molecule has 2 aliphatic heterocycles. The van der Waals surface area contributed by atoms with E-state index in [4.69, 9.17) is 9.98 Å². The van der Waals surface area contributed by atoms with Crippen LogP contribution in [0.2, 0.25) is 0 Å². The Morgan fingerprint density at radius 3 is 2.83 bits per heavy atom. The number of likely N-dealkylation sites (N-methyl/N-ethyl adjacent to an activating group) is 1. The van der Waals surface area contributed by atoms with Crippen LogP contribution in [0.15, 0.2) is 23.2 Å². The molecule has 1 aromatic heterocycles. The van der Waals surface area contributed by atoms with Gasteiger partial charge in [0, 0.05) is 30.8 Å². The van der Waals surface area contributed by atoms with Gasteiger partial charge in [-0.3, -0.25) is 4.99 Å². The fourth-order valence-electron chi connectivity index (χ4n) is 3.73. The summed E-state index contributed by atoms with van der Waals surface area (Å²) in [5, 5.41) is 1.31. The van der Waals surface area contributed by atoms with Crippen molar-refractivity contribution in [2.45, 2.75) is 45.1 Å². The predicted molar refractivity (Wildman–Crippen MR) is 98.9 cm³/mol. The molecular formula is C19H25N3S. The van der Waals surface area contributed by atoms with Gasteiger partial charge in [-0.1, -0.05) is 13.0 Å². The topological polar surface area (TPSA) is 28.5 Å². The van der Waals surface area contributed by atoms with Crippen molar-refractivity contribution in [3.63, 3.8) is 0 Å². The number of likely N-dealkylation sites (tertiary alicyclic amines) is 1. The third kappa shape index (κ3) is 2.94. The highest BCUT2D eigenvalue weighted by atomic mass is 32.1. The second-order valence-electron chi connectivity index (χ2n) is 7.39. The maximum Gasteiger partial charge on any atom is 0.0982 e. The molecular weight excluding hydrogens is 302 g/mol. The number of benzene rings is 1.